The second-order valence-electron chi connectivity index (χ2n) is 7.88. The summed E-state index contributed by atoms with van der Waals surface area (Å²) in [7, 11) is 0. The molecule has 1 heterocycles. The van der Waals surface area contributed by atoms with Crippen LogP contribution >= 0.6 is 0 Å². The molecule has 1 saturated heterocycles. The Bertz CT molecular complexity index is 377. The lowest BCUT2D eigenvalue weighted by molar-refractivity contribution is -0.0906. The Morgan fingerprint density at radius 2 is 2.14 bits per heavy atom. The Labute approximate surface area is 131 Å². The zero-order chi connectivity index (χ0) is 15.4. The maximum Gasteiger partial charge on any atom is 0.0646 e. The van der Waals surface area contributed by atoms with Crippen molar-refractivity contribution in [2.45, 2.75) is 84.8 Å². The van der Waals surface area contributed by atoms with Crippen LogP contribution in [0.5, 0.6) is 0 Å². The van der Waals surface area contributed by atoms with Gasteiger partial charge in [0.15, 0.2) is 0 Å². The van der Waals surface area contributed by atoms with Crippen LogP contribution < -0.4 is 0 Å². The lowest BCUT2D eigenvalue weighted by atomic mass is 9.74. The maximum absolute atomic E-state index is 6.45. The summed E-state index contributed by atoms with van der Waals surface area (Å²) >= 11 is 0. The highest BCUT2D eigenvalue weighted by molar-refractivity contribution is 5.10. The number of hydrogen-bond donors (Lipinski definition) is 0. The molecule has 0 bridgehead atoms. The van der Waals surface area contributed by atoms with E-state index in [1.807, 2.05) is 0 Å². The van der Waals surface area contributed by atoms with Crippen molar-refractivity contribution < 1.29 is 4.74 Å². The van der Waals surface area contributed by atoms with Gasteiger partial charge in [-0.15, -0.1) is 0 Å². The third-order valence-electron chi connectivity index (χ3n) is 5.31. The van der Waals surface area contributed by atoms with Crippen LogP contribution in [-0.4, -0.2) is 12.2 Å². The summed E-state index contributed by atoms with van der Waals surface area (Å²) in [5.74, 6) is 2.22. The van der Waals surface area contributed by atoms with Gasteiger partial charge in [-0.1, -0.05) is 37.6 Å². The van der Waals surface area contributed by atoms with E-state index in [9.17, 15) is 0 Å². The Morgan fingerprint density at radius 3 is 2.86 bits per heavy atom. The van der Waals surface area contributed by atoms with Crippen LogP contribution in [0, 0.1) is 17.8 Å². The number of fused-ring (bicyclic) bond motifs is 1. The van der Waals surface area contributed by atoms with Gasteiger partial charge in [-0.05, 0) is 70.6 Å². The minimum atomic E-state index is 0.422. The molecule has 1 aliphatic heterocycles. The first-order valence-corrected chi connectivity index (χ1v) is 8.92. The van der Waals surface area contributed by atoms with E-state index in [0.29, 0.717) is 18.1 Å². The van der Waals surface area contributed by atoms with Crippen molar-refractivity contribution in [3.8, 4) is 0 Å². The molecule has 1 saturated carbocycles. The molecule has 1 nitrogen and oxygen atoms in total. The second kappa shape index (κ2) is 7.63. The first-order chi connectivity index (χ1) is 9.95. The van der Waals surface area contributed by atoms with Crippen molar-refractivity contribution in [1.29, 1.82) is 0 Å². The summed E-state index contributed by atoms with van der Waals surface area (Å²) in [6, 6.07) is 0. The third kappa shape index (κ3) is 4.98. The molecule has 120 valence electrons. The van der Waals surface area contributed by atoms with Crippen LogP contribution in [0.15, 0.2) is 23.8 Å². The van der Waals surface area contributed by atoms with Gasteiger partial charge >= 0.3 is 0 Å². The summed E-state index contributed by atoms with van der Waals surface area (Å²) in [5.41, 5.74) is 2.91. The summed E-state index contributed by atoms with van der Waals surface area (Å²) in [6.45, 7) is 13.5. The minimum Gasteiger partial charge on any atom is -0.374 e. The van der Waals surface area contributed by atoms with E-state index in [1.165, 1.54) is 49.7 Å². The lowest BCUT2D eigenvalue weighted by Crippen LogP contribution is -2.40. The molecule has 0 radical (unpaired) electrons. The van der Waals surface area contributed by atoms with Crippen molar-refractivity contribution >= 4 is 0 Å². The molecule has 0 aromatic rings. The minimum absolute atomic E-state index is 0.422. The zero-order valence-electron chi connectivity index (χ0n) is 14.5. The van der Waals surface area contributed by atoms with Gasteiger partial charge in [0.1, 0.15) is 0 Å². The molecule has 0 N–H and O–H groups in total. The van der Waals surface area contributed by atoms with Gasteiger partial charge in [0.25, 0.3) is 0 Å². The fourth-order valence-electron chi connectivity index (χ4n) is 4.05. The van der Waals surface area contributed by atoms with E-state index < -0.39 is 0 Å². The smallest absolute Gasteiger partial charge is 0.0646 e. The van der Waals surface area contributed by atoms with Crippen molar-refractivity contribution in [1.82, 2.24) is 0 Å². The lowest BCUT2D eigenvalue weighted by Gasteiger charge is -2.43. The molecular weight excluding hydrogens is 256 g/mol. The number of allylic oxidation sites excluding steroid dienone is 2. The molecule has 0 aromatic heterocycles. The average molecular weight is 290 g/mol. The molecule has 2 fully saturated rings. The summed E-state index contributed by atoms with van der Waals surface area (Å²) < 4.78 is 6.45. The fraction of sp³-hybridized carbons (Fsp3) is 0.800. The van der Waals surface area contributed by atoms with Gasteiger partial charge in [0, 0.05) is 5.92 Å². The number of rotatable bonds is 5. The summed E-state index contributed by atoms with van der Waals surface area (Å²) in [4.78, 5) is 0. The fourth-order valence-corrected chi connectivity index (χ4v) is 4.05. The van der Waals surface area contributed by atoms with E-state index in [0.717, 1.165) is 18.3 Å². The van der Waals surface area contributed by atoms with Crippen LogP contribution in [-0.2, 0) is 4.74 Å². The van der Waals surface area contributed by atoms with E-state index in [4.69, 9.17) is 4.74 Å². The van der Waals surface area contributed by atoms with Crippen LogP contribution in [0.4, 0.5) is 0 Å². The van der Waals surface area contributed by atoms with Gasteiger partial charge in [-0.3, -0.25) is 0 Å². The number of ether oxygens (including phenoxy) is 1. The maximum atomic E-state index is 6.45. The standard InChI is InChI=1S/C20H34O/c1-14(2)7-6-8-15(3)11-18-13-17(5)19-10-9-16(4)12-20(19)21-18/h7,15-16,18-20H,5-6,8-13H2,1-4H3/t15-,16-,18+,19+,20-/m1/s1. The van der Waals surface area contributed by atoms with Crippen LogP contribution in [0.3, 0.4) is 0 Å². The van der Waals surface area contributed by atoms with E-state index >= 15 is 0 Å². The number of hydrogen-bond acceptors (Lipinski definition) is 1. The van der Waals surface area contributed by atoms with Crippen LogP contribution in [0.1, 0.15) is 72.6 Å². The molecule has 0 spiro atoms. The molecule has 1 heteroatoms. The summed E-state index contributed by atoms with van der Waals surface area (Å²) in [6.07, 6.45) is 11.9. The van der Waals surface area contributed by atoms with Crippen molar-refractivity contribution in [3.05, 3.63) is 23.8 Å². The molecule has 0 aromatic carbocycles. The largest absolute Gasteiger partial charge is 0.374 e. The Hall–Kier alpha value is -0.560. The van der Waals surface area contributed by atoms with E-state index in [-0.39, 0.29) is 0 Å². The molecular formula is C20H34O. The van der Waals surface area contributed by atoms with Gasteiger partial charge in [0.2, 0.25) is 0 Å². The first kappa shape index (κ1) is 16.8. The first-order valence-electron chi connectivity index (χ1n) is 8.92. The van der Waals surface area contributed by atoms with Gasteiger partial charge in [-0.2, -0.15) is 0 Å². The monoisotopic (exact) mass is 290 g/mol. The predicted octanol–water partition coefficient (Wildman–Crippen LogP) is 5.91. The molecule has 21 heavy (non-hydrogen) atoms. The van der Waals surface area contributed by atoms with Crippen LogP contribution in [0.25, 0.3) is 0 Å². The third-order valence-corrected chi connectivity index (χ3v) is 5.31. The molecule has 0 amide bonds. The zero-order valence-corrected chi connectivity index (χ0v) is 14.5. The van der Waals surface area contributed by atoms with Crippen LogP contribution in [0.2, 0.25) is 0 Å². The molecule has 1 aliphatic carbocycles. The molecule has 0 unspecified atom stereocenters. The Morgan fingerprint density at radius 1 is 1.38 bits per heavy atom. The molecule has 2 rings (SSSR count). The van der Waals surface area contributed by atoms with E-state index in [1.54, 1.807) is 0 Å². The molecule has 2 aliphatic rings. The SMILES string of the molecule is C=C1C[C@H](C[C@H](C)CCC=C(C)C)O[C@@H]2C[C@H](C)CC[C@@H]12. The van der Waals surface area contributed by atoms with Crippen molar-refractivity contribution in [2.24, 2.45) is 17.8 Å². The highest BCUT2D eigenvalue weighted by atomic mass is 16.5. The topological polar surface area (TPSA) is 9.23 Å². The Kier molecular flexibility index (Phi) is 6.10. The van der Waals surface area contributed by atoms with E-state index in [2.05, 4.69) is 40.3 Å². The average Bonchev–Trinajstić information content (AvgIpc) is 2.37. The highest BCUT2D eigenvalue weighted by Crippen LogP contribution is 2.41. The predicted molar refractivity (Wildman–Crippen MR) is 91.4 cm³/mol. The quantitative estimate of drug-likeness (QED) is 0.572. The van der Waals surface area contributed by atoms with Gasteiger partial charge in [-0.25, -0.2) is 0 Å². The highest BCUT2D eigenvalue weighted by Gasteiger charge is 2.37. The van der Waals surface area contributed by atoms with Gasteiger partial charge < -0.3 is 4.74 Å². The Balaban J connectivity index is 1.81. The van der Waals surface area contributed by atoms with Crippen molar-refractivity contribution in [3.63, 3.8) is 0 Å². The van der Waals surface area contributed by atoms with Crippen molar-refractivity contribution in [2.75, 3.05) is 0 Å². The summed E-state index contributed by atoms with van der Waals surface area (Å²) in [5, 5.41) is 0. The molecule has 5 atom stereocenters. The van der Waals surface area contributed by atoms with Gasteiger partial charge in [0.05, 0.1) is 12.2 Å². The normalized spacial score (nSPS) is 34.2. The second-order valence-corrected chi connectivity index (χ2v) is 7.88.